The van der Waals surface area contributed by atoms with Gasteiger partial charge in [0.2, 0.25) is 0 Å². The van der Waals surface area contributed by atoms with Crippen LogP contribution in [-0.4, -0.2) is 36.1 Å². The average molecular weight is 486 g/mol. The smallest absolute Gasteiger partial charge is 0.416 e. The van der Waals surface area contributed by atoms with Crippen molar-refractivity contribution < 1.29 is 35.5 Å². The van der Waals surface area contributed by atoms with Gasteiger partial charge in [0.25, 0.3) is 0 Å². The minimum Gasteiger partial charge on any atom is -0.463 e. The zero-order chi connectivity index (χ0) is 24.4. The first kappa shape index (κ1) is 24.7. The van der Waals surface area contributed by atoms with Crippen LogP contribution in [0, 0.1) is 5.82 Å². The lowest BCUT2D eigenvalue weighted by atomic mass is 9.97. The Bertz CT molecular complexity index is 1150. The third-order valence-corrected chi connectivity index (χ3v) is 6.95. The molecule has 1 aliphatic rings. The number of hydrogen-bond acceptors (Lipinski definition) is 4. The summed E-state index contributed by atoms with van der Waals surface area (Å²) in [6.07, 6.45) is -3.46. The predicted octanol–water partition coefficient (Wildman–Crippen LogP) is 4.42. The van der Waals surface area contributed by atoms with Crippen LogP contribution in [0.3, 0.4) is 0 Å². The summed E-state index contributed by atoms with van der Waals surface area (Å²) in [5.41, 5.74) is -0.438. The monoisotopic (exact) mass is 486 g/mol. The van der Waals surface area contributed by atoms with E-state index in [-0.39, 0.29) is 30.8 Å². The lowest BCUT2D eigenvalue weighted by molar-refractivity contribution is -0.139. The number of carbonyl (C=O) groups is 1. The van der Waals surface area contributed by atoms with Gasteiger partial charge in [-0.1, -0.05) is 31.2 Å². The fraction of sp³-hybridized carbons (Fsp3) is 0.318. The van der Waals surface area contributed by atoms with Crippen LogP contribution < -0.4 is 0 Å². The standard InChI is InChI=1S/C22H22F4N2O4S/c1-3-28-20(16-8-10-17(11-9-16)22(24,25)26)19(21(29)32-4-2)14-27(33(28,30)31)13-15-6-5-7-18(23)12-15/h5-12,14,20H,3-4,13H2,1-2H3. The van der Waals surface area contributed by atoms with Crippen LogP contribution in [0.25, 0.3) is 0 Å². The highest BCUT2D eigenvalue weighted by Gasteiger charge is 2.43. The Morgan fingerprint density at radius 1 is 1.09 bits per heavy atom. The van der Waals surface area contributed by atoms with Crippen LogP contribution in [-0.2, 0) is 32.5 Å². The molecule has 178 valence electrons. The number of nitrogens with zero attached hydrogens (tertiary/aromatic N) is 2. The minimum absolute atomic E-state index is 0.0126. The van der Waals surface area contributed by atoms with Crippen molar-refractivity contribution in [3.8, 4) is 0 Å². The molecule has 11 heteroatoms. The van der Waals surface area contributed by atoms with E-state index in [1.54, 1.807) is 13.8 Å². The summed E-state index contributed by atoms with van der Waals surface area (Å²) in [6, 6.07) is 8.11. The van der Waals surface area contributed by atoms with Crippen molar-refractivity contribution in [2.24, 2.45) is 0 Å². The third-order valence-electron chi connectivity index (χ3n) is 5.06. The van der Waals surface area contributed by atoms with Crippen LogP contribution in [0.2, 0.25) is 0 Å². The van der Waals surface area contributed by atoms with Gasteiger partial charge in [-0.3, -0.25) is 4.31 Å². The third kappa shape index (κ3) is 5.19. The molecule has 1 heterocycles. The van der Waals surface area contributed by atoms with Crippen molar-refractivity contribution in [2.75, 3.05) is 13.2 Å². The molecule has 0 radical (unpaired) electrons. The van der Waals surface area contributed by atoms with E-state index in [1.165, 1.54) is 24.3 Å². The molecule has 0 saturated heterocycles. The van der Waals surface area contributed by atoms with Crippen LogP contribution in [0.15, 0.2) is 60.3 Å². The highest BCUT2D eigenvalue weighted by atomic mass is 32.2. The molecule has 0 N–H and O–H groups in total. The lowest BCUT2D eigenvalue weighted by Gasteiger charge is -2.39. The largest absolute Gasteiger partial charge is 0.463 e. The number of ether oxygens (including phenoxy) is 1. The topological polar surface area (TPSA) is 66.9 Å². The van der Waals surface area contributed by atoms with Gasteiger partial charge in [-0.05, 0) is 42.3 Å². The molecular formula is C22H22F4N2O4S. The molecule has 2 aromatic carbocycles. The Morgan fingerprint density at radius 3 is 2.30 bits per heavy atom. The molecule has 0 fully saturated rings. The summed E-state index contributed by atoms with van der Waals surface area (Å²) in [7, 11) is -4.20. The van der Waals surface area contributed by atoms with Crippen LogP contribution in [0.4, 0.5) is 17.6 Å². The van der Waals surface area contributed by atoms with E-state index in [9.17, 15) is 30.8 Å². The second kappa shape index (κ2) is 9.52. The van der Waals surface area contributed by atoms with Gasteiger partial charge in [0.1, 0.15) is 5.82 Å². The molecule has 2 aromatic rings. The highest BCUT2D eigenvalue weighted by Crippen LogP contribution is 2.39. The quantitative estimate of drug-likeness (QED) is 0.448. The van der Waals surface area contributed by atoms with Gasteiger partial charge in [-0.25, -0.2) is 9.18 Å². The second-order valence-corrected chi connectivity index (χ2v) is 9.05. The van der Waals surface area contributed by atoms with E-state index in [0.29, 0.717) is 5.56 Å². The van der Waals surface area contributed by atoms with E-state index in [0.717, 1.165) is 39.1 Å². The Kier molecular flexibility index (Phi) is 7.13. The Hall–Kier alpha value is -2.92. The summed E-state index contributed by atoms with van der Waals surface area (Å²) >= 11 is 0. The molecular weight excluding hydrogens is 464 g/mol. The number of halogens is 4. The molecule has 0 spiro atoms. The summed E-state index contributed by atoms with van der Waals surface area (Å²) < 4.78 is 86.3. The zero-order valence-corrected chi connectivity index (χ0v) is 18.7. The van der Waals surface area contributed by atoms with E-state index >= 15 is 0 Å². The normalized spacial score (nSPS) is 18.7. The average Bonchev–Trinajstić information content (AvgIpc) is 2.74. The highest BCUT2D eigenvalue weighted by molar-refractivity contribution is 7.86. The Morgan fingerprint density at radius 2 is 1.76 bits per heavy atom. The van der Waals surface area contributed by atoms with Crippen molar-refractivity contribution in [1.82, 2.24) is 8.61 Å². The van der Waals surface area contributed by atoms with Crippen molar-refractivity contribution in [1.29, 1.82) is 0 Å². The number of rotatable bonds is 6. The fourth-order valence-electron chi connectivity index (χ4n) is 3.58. The van der Waals surface area contributed by atoms with Gasteiger partial charge in [-0.15, -0.1) is 0 Å². The number of hydrogen-bond donors (Lipinski definition) is 0. The summed E-state index contributed by atoms with van der Waals surface area (Å²) in [5.74, 6) is -1.36. The molecule has 0 saturated carbocycles. The number of carbonyl (C=O) groups excluding carboxylic acids is 1. The molecule has 3 rings (SSSR count). The SMILES string of the molecule is CCOC(=O)C1=CN(Cc2cccc(F)c2)S(=O)(=O)N(CC)C1c1ccc(C(F)(F)F)cc1. The molecule has 0 aliphatic carbocycles. The zero-order valence-electron chi connectivity index (χ0n) is 17.8. The van der Waals surface area contributed by atoms with E-state index in [4.69, 9.17) is 4.74 Å². The van der Waals surface area contributed by atoms with Gasteiger partial charge in [0.15, 0.2) is 0 Å². The van der Waals surface area contributed by atoms with Gasteiger partial charge < -0.3 is 4.74 Å². The van der Waals surface area contributed by atoms with Crippen molar-refractivity contribution in [3.63, 3.8) is 0 Å². The van der Waals surface area contributed by atoms with E-state index in [1.807, 2.05) is 0 Å². The first-order valence-electron chi connectivity index (χ1n) is 10.1. The summed E-state index contributed by atoms with van der Waals surface area (Å²) in [5, 5.41) is 0. The number of benzene rings is 2. The molecule has 0 bridgehead atoms. The molecule has 1 unspecified atom stereocenters. The van der Waals surface area contributed by atoms with Gasteiger partial charge in [0, 0.05) is 12.7 Å². The molecule has 6 nitrogen and oxygen atoms in total. The van der Waals surface area contributed by atoms with Crippen LogP contribution in [0.5, 0.6) is 0 Å². The minimum atomic E-state index is -4.57. The molecule has 1 atom stereocenters. The maximum Gasteiger partial charge on any atom is 0.416 e. The van der Waals surface area contributed by atoms with Gasteiger partial charge in [0.05, 0.1) is 30.3 Å². The number of likely N-dealkylation sites (N-methyl/N-ethyl adjacent to an activating group) is 1. The van der Waals surface area contributed by atoms with Crippen molar-refractivity contribution in [3.05, 3.63) is 82.8 Å². The Labute approximate surface area is 189 Å². The van der Waals surface area contributed by atoms with Crippen molar-refractivity contribution in [2.45, 2.75) is 32.6 Å². The fourth-order valence-corrected chi connectivity index (χ4v) is 5.24. The lowest BCUT2D eigenvalue weighted by Crippen LogP contribution is -2.48. The maximum absolute atomic E-state index is 13.6. The number of alkyl halides is 3. The molecule has 0 amide bonds. The number of esters is 1. The van der Waals surface area contributed by atoms with Crippen molar-refractivity contribution >= 4 is 16.2 Å². The predicted molar refractivity (Wildman–Crippen MR) is 112 cm³/mol. The molecule has 33 heavy (non-hydrogen) atoms. The Balaban J connectivity index is 2.12. The summed E-state index contributed by atoms with van der Waals surface area (Å²) in [6.45, 7) is 2.80. The van der Waals surface area contributed by atoms with Crippen LogP contribution in [0.1, 0.15) is 36.6 Å². The first-order valence-corrected chi connectivity index (χ1v) is 11.5. The second-order valence-electron chi connectivity index (χ2n) is 7.21. The first-order chi connectivity index (χ1) is 15.5. The van der Waals surface area contributed by atoms with Crippen LogP contribution >= 0.6 is 0 Å². The van der Waals surface area contributed by atoms with E-state index in [2.05, 4.69) is 0 Å². The molecule has 0 aromatic heterocycles. The maximum atomic E-state index is 13.6. The van der Waals surface area contributed by atoms with E-state index < -0.39 is 39.8 Å². The molecule has 1 aliphatic heterocycles. The van der Waals surface area contributed by atoms with Gasteiger partial charge >= 0.3 is 22.4 Å². The van der Waals surface area contributed by atoms with Gasteiger partial charge in [-0.2, -0.15) is 25.9 Å². The summed E-state index contributed by atoms with van der Waals surface area (Å²) in [4.78, 5) is 12.8.